The van der Waals surface area contributed by atoms with Crippen LogP contribution in [0.2, 0.25) is 0 Å². The monoisotopic (exact) mass is 365 g/mol. The van der Waals surface area contributed by atoms with Gasteiger partial charge in [-0.2, -0.15) is 0 Å². The largest absolute Gasteiger partial charge is 0.346 e. The smallest absolute Gasteiger partial charge is 0.263 e. The molecule has 0 aromatic carbocycles. The minimum absolute atomic E-state index is 0.174. The van der Waals surface area contributed by atoms with E-state index in [0.29, 0.717) is 34.5 Å². The van der Waals surface area contributed by atoms with E-state index in [1.165, 1.54) is 11.3 Å². The van der Waals surface area contributed by atoms with Crippen LogP contribution >= 0.6 is 11.3 Å². The zero-order valence-corrected chi connectivity index (χ0v) is 14.8. The summed E-state index contributed by atoms with van der Waals surface area (Å²) in [6, 6.07) is 3.57. The number of hydrogen-bond acceptors (Lipinski definition) is 7. The molecule has 0 saturated carbocycles. The lowest BCUT2D eigenvalue weighted by Crippen LogP contribution is -2.23. The van der Waals surface area contributed by atoms with E-state index < -0.39 is 0 Å². The van der Waals surface area contributed by atoms with Crippen molar-refractivity contribution in [3.63, 3.8) is 0 Å². The van der Waals surface area contributed by atoms with Crippen molar-refractivity contribution in [1.82, 2.24) is 34.6 Å². The fraction of sp³-hybridized carbons (Fsp3) is 0.176. The van der Waals surface area contributed by atoms with Crippen LogP contribution in [0.5, 0.6) is 0 Å². The molecule has 9 heteroatoms. The molecule has 0 atom stereocenters. The number of carbonyl (C=O) groups is 1. The Bertz CT molecular complexity index is 1020. The summed E-state index contributed by atoms with van der Waals surface area (Å²) in [5, 5.41) is 3.55. The zero-order valence-electron chi connectivity index (χ0n) is 14.0. The van der Waals surface area contributed by atoms with Crippen LogP contribution in [0.1, 0.15) is 28.0 Å². The van der Waals surface area contributed by atoms with Gasteiger partial charge in [-0.15, -0.1) is 11.3 Å². The number of imidazole rings is 1. The maximum absolute atomic E-state index is 12.6. The van der Waals surface area contributed by atoms with Crippen molar-refractivity contribution in [2.24, 2.45) is 0 Å². The molecule has 4 heterocycles. The maximum Gasteiger partial charge on any atom is 0.263 e. The molecule has 130 valence electrons. The summed E-state index contributed by atoms with van der Waals surface area (Å²) in [4.78, 5) is 34.7. The van der Waals surface area contributed by atoms with E-state index in [4.69, 9.17) is 0 Å². The molecule has 0 aliphatic rings. The van der Waals surface area contributed by atoms with Gasteiger partial charge in [0.05, 0.1) is 17.9 Å². The number of aromatic nitrogens is 6. The van der Waals surface area contributed by atoms with E-state index >= 15 is 0 Å². The van der Waals surface area contributed by atoms with E-state index in [1.807, 2.05) is 29.8 Å². The Hall–Kier alpha value is -3.20. The molecule has 4 rings (SSSR count). The van der Waals surface area contributed by atoms with Gasteiger partial charge in [0.15, 0.2) is 10.8 Å². The van der Waals surface area contributed by atoms with Crippen molar-refractivity contribution >= 4 is 23.0 Å². The second-order valence-corrected chi connectivity index (χ2v) is 6.46. The molecule has 0 aliphatic carbocycles. The second kappa shape index (κ2) is 6.96. The predicted octanol–water partition coefficient (Wildman–Crippen LogP) is 2.14. The lowest BCUT2D eigenvalue weighted by molar-refractivity contribution is 0.0953. The molecular weight excluding hydrogens is 350 g/mol. The van der Waals surface area contributed by atoms with Crippen molar-refractivity contribution < 1.29 is 4.79 Å². The quantitative estimate of drug-likeness (QED) is 0.582. The Morgan fingerprint density at radius 1 is 1.15 bits per heavy atom. The van der Waals surface area contributed by atoms with Crippen molar-refractivity contribution in [2.75, 3.05) is 0 Å². The molecule has 4 aromatic rings. The minimum atomic E-state index is -0.174. The number of carbonyl (C=O) groups excluding carboxylic acids is 1. The van der Waals surface area contributed by atoms with E-state index in [0.717, 1.165) is 11.4 Å². The van der Waals surface area contributed by atoms with Crippen LogP contribution in [-0.4, -0.2) is 35.2 Å². The van der Waals surface area contributed by atoms with E-state index in [-0.39, 0.29) is 5.91 Å². The fourth-order valence-electron chi connectivity index (χ4n) is 2.49. The standard InChI is InChI=1S/C17H15N7OS/c1-2-12-13(26-16(23-12)14-18-5-3-6-19-14)15(25)21-9-11-10-24-8-4-7-20-17(24)22-11/h3-8,10H,2,9H2,1H3,(H,21,25). The number of nitrogens with zero attached hydrogens (tertiary/aromatic N) is 6. The first-order valence-corrected chi connectivity index (χ1v) is 8.90. The lowest BCUT2D eigenvalue weighted by Gasteiger charge is -2.01. The van der Waals surface area contributed by atoms with Gasteiger partial charge in [0.1, 0.15) is 4.88 Å². The van der Waals surface area contributed by atoms with Crippen LogP contribution in [-0.2, 0) is 13.0 Å². The van der Waals surface area contributed by atoms with Crippen LogP contribution in [0, 0.1) is 0 Å². The third-order valence-corrected chi connectivity index (χ3v) is 4.80. The fourth-order valence-corrected chi connectivity index (χ4v) is 3.51. The van der Waals surface area contributed by atoms with Gasteiger partial charge in [-0.05, 0) is 18.6 Å². The van der Waals surface area contributed by atoms with Crippen LogP contribution < -0.4 is 5.32 Å². The first kappa shape index (κ1) is 16.3. The molecule has 0 aliphatic heterocycles. The second-order valence-electron chi connectivity index (χ2n) is 5.46. The predicted molar refractivity (Wildman–Crippen MR) is 96.7 cm³/mol. The highest BCUT2D eigenvalue weighted by atomic mass is 32.1. The van der Waals surface area contributed by atoms with Crippen LogP contribution in [0.4, 0.5) is 0 Å². The number of rotatable bonds is 5. The normalized spacial score (nSPS) is 11.0. The number of aryl methyl sites for hydroxylation is 1. The average molecular weight is 365 g/mol. The number of nitrogens with one attached hydrogen (secondary N) is 1. The van der Waals surface area contributed by atoms with E-state index in [2.05, 4.69) is 30.2 Å². The third kappa shape index (κ3) is 3.16. The summed E-state index contributed by atoms with van der Waals surface area (Å²) in [6.07, 6.45) is 9.37. The average Bonchev–Trinajstić information content (AvgIpc) is 3.30. The van der Waals surface area contributed by atoms with Crippen LogP contribution in [0.3, 0.4) is 0 Å². The van der Waals surface area contributed by atoms with Crippen LogP contribution in [0.15, 0.2) is 43.1 Å². The Balaban J connectivity index is 1.53. The summed E-state index contributed by atoms with van der Waals surface area (Å²) in [5.74, 6) is 0.955. The van der Waals surface area contributed by atoms with Crippen LogP contribution in [0.25, 0.3) is 16.6 Å². The molecule has 0 fully saturated rings. The lowest BCUT2D eigenvalue weighted by atomic mass is 10.3. The first-order chi connectivity index (χ1) is 12.7. The minimum Gasteiger partial charge on any atom is -0.346 e. The molecule has 0 radical (unpaired) electrons. The van der Waals surface area contributed by atoms with Gasteiger partial charge in [-0.3, -0.25) is 9.20 Å². The van der Waals surface area contributed by atoms with E-state index in [1.54, 1.807) is 24.7 Å². The van der Waals surface area contributed by atoms with Gasteiger partial charge in [0.2, 0.25) is 5.78 Å². The Kier molecular flexibility index (Phi) is 4.36. The molecule has 1 amide bonds. The van der Waals surface area contributed by atoms with Gasteiger partial charge >= 0.3 is 0 Å². The summed E-state index contributed by atoms with van der Waals surface area (Å²) in [6.45, 7) is 2.29. The molecule has 1 N–H and O–H groups in total. The summed E-state index contributed by atoms with van der Waals surface area (Å²) in [7, 11) is 0. The van der Waals surface area contributed by atoms with Gasteiger partial charge < -0.3 is 5.32 Å². The highest BCUT2D eigenvalue weighted by Crippen LogP contribution is 2.26. The molecule has 0 spiro atoms. The Labute approximate surface area is 153 Å². The van der Waals surface area contributed by atoms with Gasteiger partial charge in [0, 0.05) is 31.0 Å². The highest BCUT2D eigenvalue weighted by Gasteiger charge is 2.19. The SMILES string of the molecule is CCc1nc(-c2ncccn2)sc1C(=O)NCc1cn2cccnc2n1. The Morgan fingerprint density at radius 2 is 1.96 bits per heavy atom. The Morgan fingerprint density at radius 3 is 2.73 bits per heavy atom. The van der Waals surface area contributed by atoms with Crippen molar-refractivity contribution in [3.05, 3.63) is 59.4 Å². The number of amides is 1. The van der Waals surface area contributed by atoms with Crippen molar-refractivity contribution in [2.45, 2.75) is 19.9 Å². The summed E-state index contributed by atoms with van der Waals surface area (Å²) in [5.41, 5.74) is 1.48. The maximum atomic E-state index is 12.6. The zero-order chi connectivity index (χ0) is 17.9. The molecule has 0 saturated heterocycles. The van der Waals surface area contributed by atoms with Gasteiger partial charge in [0.25, 0.3) is 5.91 Å². The molecule has 8 nitrogen and oxygen atoms in total. The topological polar surface area (TPSA) is 98.0 Å². The summed E-state index contributed by atoms with van der Waals surface area (Å²) >= 11 is 1.30. The van der Waals surface area contributed by atoms with E-state index in [9.17, 15) is 4.79 Å². The summed E-state index contributed by atoms with van der Waals surface area (Å²) < 4.78 is 1.82. The molecule has 0 unspecified atom stereocenters. The molecule has 4 aromatic heterocycles. The van der Waals surface area contributed by atoms with Gasteiger partial charge in [-0.1, -0.05) is 6.92 Å². The molecule has 0 bridgehead atoms. The highest BCUT2D eigenvalue weighted by molar-refractivity contribution is 7.17. The number of thiazole rings is 1. The third-order valence-electron chi connectivity index (χ3n) is 3.71. The van der Waals surface area contributed by atoms with Gasteiger partial charge in [-0.25, -0.2) is 24.9 Å². The first-order valence-electron chi connectivity index (χ1n) is 8.08. The number of fused-ring (bicyclic) bond motifs is 1. The molecule has 26 heavy (non-hydrogen) atoms. The van der Waals surface area contributed by atoms with Crippen molar-refractivity contribution in [3.8, 4) is 10.8 Å². The number of hydrogen-bond donors (Lipinski definition) is 1. The molecular formula is C17H15N7OS. The van der Waals surface area contributed by atoms with Crippen molar-refractivity contribution in [1.29, 1.82) is 0 Å².